The van der Waals surface area contributed by atoms with Crippen LogP contribution < -0.4 is 5.43 Å². The number of nitrogens with one attached hydrogen (secondary N) is 1. The molecule has 0 saturated heterocycles. The molecule has 2 rings (SSSR count). The smallest absolute Gasteiger partial charge is 0.206 e. The van der Waals surface area contributed by atoms with Crippen molar-refractivity contribution in [2.45, 2.75) is 6.92 Å². The van der Waals surface area contributed by atoms with Gasteiger partial charge in [-0.25, -0.2) is 8.78 Å². The molecule has 2 nitrogen and oxygen atoms in total. The minimum Gasteiger partial charge on any atom is -0.355 e. The lowest BCUT2D eigenvalue weighted by Crippen LogP contribution is -2.09. The first-order valence-electron chi connectivity index (χ1n) is 4.18. The van der Waals surface area contributed by atoms with E-state index in [2.05, 4.69) is 20.9 Å². The predicted molar refractivity (Wildman–Crippen MR) is 56.9 cm³/mol. The highest BCUT2D eigenvalue weighted by Crippen LogP contribution is 2.20. The Labute approximate surface area is 92.1 Å². The van der Waals surface area contributed by atoms with E-state index < -0.39 is 17.1 Å². The molecular formula is C10H6BrF2NO. The number of pyridine rings is 1. The number of aryl methyl sites for hydroxylation is 1. The summed E-state index contributed by atoms with van der Waals surface area (Å²) in [6.07, 6.45) is 0. The van der Waals surface area contributed by atoms with Crippen LogP contribution in [0.5, 0.6) is 0 Å². The van der Waals surface area contributed by atoms with E-state index in [-0.39, 0.29) is 15.4 Å². The van der Waals surface area contributed by atoms with E-state index in [0.717, 1.165) is 12.1 Å². The summed E-state index contributed by atoms with van der Waals surface area (Å²) in [4.78, 5) is 14.3. The lowest BCUT2D eigenvalue weighted by molar-refractivity contribution is 0.614. The molecule has 1 aromatic carbocycles. The van der Waals surface area contributed by atoms with Crippen molar-refractivity contribution in [1.82, 2.24) is 4.98 Å². The molecule has 0 amide bonds. The molecule has 5 heteroatoms. The van der Waals surface area contributed by atoms with Gasteiger partial charge in [0.2, 0.25) is 5.43 Å². The molecule has 78 valence electrons. The third-order valence-electron chi connectivity index (χ3n) is 2.17. The molecular weight excluding hydrogens is 268 g/mol. The molecule has 1 heterocycles. The van der Waals surface area contributed by atoms with Crippen LogP contribution in [0, 0.1) is 18.6 Å². The van der Waals surface area contributed by atoms with E-state index in [9.17, 15) is 13.6 Å². The maximum Gasteiger partial charge on any atom is 0.206 e. The van der Waals surface area contributed by atoms with Crippen LogP contribution >= 0.6 is 15.9 Å². The molecule has 0 fully saturated rings. The second-order valence-corrected chi connectivity index (χ2v) is 3.97. The summed E-state index contributed by atoms with van der Waals surface area (Å²) in [5.74, 6) is -1.37. The Morgan fingerprint density at radius 2 is 1.87 bits per heavy atom. The number of halogens is 3. The van der Waals surface area contributed by atoms with Gasteiger partial charge in [0.1, 0.15) is 11.6 Å². The van der Waals surface area contributed by atoms with Gasteiger partial charge in [-0.3, -0.25) is 4.79 Å². The SMILES string of the molecule is Cc1[nH]c2c(F)ccc(F)c2c(=O)c1Br. The fourth-order valence-electron chi connectivity index (χ4n) is 1.42. The highest BCUT2D eigenvalue weighted by Gasteiger charge is 2.13. The summed E-state index contributed by atoms with van der Waals surface area (Å²) < 4.78 is 26.9. The van der Waals surface area contributed by atoms with E-state index in [1.54, 1.807) is 6.92 Å². The van der Waals surface area contributed by atoms with Crippen LogP contribution in [0.2, 0.25) is 0 Å². The van der Waals surface area contributed by atoms with E-state index in [4.69, 9.17) is 0 Å². The second-order valence-electron chi connectivity index (χ2n) is 3.17. The van der Waals surface area contributed by atoms with Crippen molar-refractivity contribution >= 4 is 26.8 Å². The molecule has 0 aliphatic heterocycles. The van der Waals surface area contributed by atoms with Crippen LogP contribution in [0.25, 0.3) is 10.9 Å². The van der Waals surface area contributed by atoms with Gasteiger partial charge >= 0.3 is 0 Å². The first-order chi connectivity index (χ1) is 7.02. The van der Waals surface area contributed by atoms with Crippen molar-refractivity contribution in [3.8, 4) is 0 Å². The number of benzene rings is 1. The van der Waals surface area contributed by atoms with Gasteiger partial charge in [0.05, 0.1) is 15.4 Å². The van der Waals surface area contributed by atoms with E-state index in [1.807, 2.05) is 0 Å². The lowest BCUT2D eigenvalue weighted by Gasteiger charge is -2.04. The number of hydrogen-bond donors (Lipinski definition) is 1. The number of rotatable bonds is 0. The maximum atomic E-state index is 13.3. The van der Waals surface area contributed by atoms with Crippen LogP contribution in [-0.4, -0.2) is 4.98 Å². The third kappa shape index (κ3) is 1.47. The molecule has 1 aromatic heterocycles. The predicted octanol–water partition coefficient (Wildman–Crippen LogP) is 2.88. The molecule has 0 bridgehead atoms. The quantitative estimate of drug-likeness (QED) is 0.787. The van der Waals surface area contributed by atoms with Gasteiger partial charge in [0.15, 0.2) is 0 Å². The Morgan fingerprint density at radius 1 is 1.27 bits per heavy atom. The van der Waals surface area contributed by atoms with Crippen molar-refractivity contribution in [2.24, 2.45) is 0 Å². The molecule has 0 saturated carbocycles. The zero-order chi connectivity index (χ0) is 11.2. The van der Waals surface area contributed by atoms with Gasteiger partial charge in [-0.2, -0.15) is 0 Å². The van der Waals surface area contributed by atoms with Crippen molar-refractivity contribution in [2.75, 3.05) is 0 Å². The topological polar surface area (TPSA) is 32.9 Å². The Kier molecular flexibility index (Phi) is 2.34. The fraction of sp³-hybridized carbons (Fsp3) is 0.100. The summed E-state index contributed by atoms with van der Waals surface area (Å²) >= 11 is 3.03. The van der Waals surface area contributed by atoms with Crippen molar-refractivity contribution in [3.63, 3.8) is 0 Å². The minimum absolute atomic E-state index is 0.0966. The summed E-state index contributed by atoms with van der Waals surface area (Å²) in [6, 6.07) is 1.93. The van der Waals surface area contributed by atoms with Crippen LogP contribution in [0.4, 0.5) is 8.78 Å². The van der Waals surface area contributed by atoms with E-state index in [0.29, 0.717) is 5.69 Å². The van der Waals surface area contributed by atoms with Crippen molar-refractivity contribution in [3.05, 3.63) is 44.2 Å². The Morgan fingerprint density at radius 3 is 2.53 bits per heavy atom. The molecule has 0 atom stereocenters. The fourth-order valence-corrected chi connectivity index (χ4v) is 1.72. The summed E-state index contributed by atoms with van der Waals surface area (Å²) in [6.45, 7) is 1.61. The number of hydrogen-bond acceptors (Lipinski definition) is 1. The minimum atomic E-state index is -0.728. The Hall–Kier alpha value is -1.23. The number of H-pyrrole nitrogens is 1. The van der Waals surface area contributed by atoms with E-state index >= 15 is 0 Å². The largest absolute Gasteiger partial charge is 0.355 e. The molecule has 0 radical (unpaired) electrons. The first kappa shape index (κ1) is 10.3. The zero-order valence-electron chi connectivity index (χ0n) is 7.70. The third-order valence-corrected chi connectivity index (χ3v) is 3.13. The van der Waals surface area contributed by atoms with Gasteiger partial charge in [0, 0.05) is 5.69 Å². The lowest BCUT2D eigenvalue weighted by atomic mass is 10.2. The second kappa shape index (κ2) is 3.41. The summed E-state index contributed by atoms with van der Waals surface area (Å²) in [7, 11) is 0. The maximum absolute atomic E-state index is 13.3. The van der Waals surface area contributed by atoms with Gasteiger partial charge in [-0.1, -0.05) is 0 Å². The molecule has 2 aromatic rings. The monoisotopic (exact) mass is 273 g/mol. The molecule has 0 spiro atoms. The molecule has 15 heavy (non-hydrogen) atoms. The average Bonchev–Trinajstić information content (AvgIpc) is 2.20. The molecule has 0 aliphatic rings. The number of aromatic amines is 1. The Bertz CT molecular complexity index is 606. The standard InChI is InChI=1S/C10H6BrF2NO/c1-4-8(11)10(15)7-5(12)2-3-6(13)9(7)14-4/h2-3H,1H3,(H,14,15). The van der Waals surface area contributed by atoms with Crippen LogP contribution in [0.3, 0.4) is 0 Å². The first-order valence-corrected chi connectivity index (χ1v) is 4.97. The van der Waals surface area contributed by atoms with Gasteiger partial charge < -0.3 is 4.98 Å². The molecule has 0 aliphatic carbocycles. The van der Waals surface area contributed by atoms with Crippen molar-refractivity contribution < 1.29 is 8.78 Å². The highest BCUT2D eigenvalue weighted by molar-refractivity contribution is 9.10. The molecule has 0 unspecified atom stereocenters. The average molecular weight is 274 g/mol. The zero-order valence-corrected chi connectivity index (χ0v) is 9.28. The number of aromatic nitrogens is 1. The normalized spacial score (nSPS) is 10.9. The van der Waals surface area contributed by atoms with E-state index in [1.165, 1.54) is 0 Å². The van der Waals surface area contributed by atoms with Gasteiger partial charge in [-0.15, -0.1) is 0 Å². The van der Waals surface area contributed by atoms with Gasteiger partial charge in [0.25, 0.3) is 0 Å². The molecule has 1 N–H and O–H groups in total. The summed E-state index contributed by atoms with van der Waals surface area (Å²) in [5, 5.41) is -0.257. The van der Waals surface area contributed by atoms with Crippen LogP contribution in [0.1, 0.15) is 5.69 Å². The number of fused-ring (bicyclic) bond motifs is 1. The van der Waals surface area contributed by atoms with Crippen molar-refractivity contribution in [1.29, 1.82) is 0 Å². The highest BCUT2D eigenvalue weighted by atomic mass is 79.9. The summed E-state index contributed by atoms with van der Waals surface area (Å²) in [5.41, 5.74) is -0.170. The van der Waals surface area contributed by atoms with Crippen LogP contribution in [-0.2, 0) is 0 Å². The van der Waals surface area contributed by atoms with Gasteiger partial charge in [-0.05, 0) is 35.0 Å². The van der Waals surface area contributed by atoms with Crippen LogP contribution in [0.15, 0.2) is 21.4 Å². The Balaban J connectivity index is 3.12.